The summed E-state index contributed by atoms with van der Waals surface area (Å²) in [7, 11) is 0. The van der Waals surface area contributed by atoms with Crippen molar-refractivity contribution in [3.63, 3.8) is 0 Å². The molecule has 1 aromatic rings. The van der Waals surface area contributed by atoms with E-state index in [1.54, 1.807) is 0 Å². The molecular formula is C16H23NO2. The van der Waals surface area contributed by atoms with E-state index in [-0.39, 0.29) is 0 Å². The predicted octanol–water partition coefficient (Wildman–Crippen LogP) is 2.53. The molecule has 2 saturated heterocycles. The van der Waals surface area contributed by atoms with E-state index in [1.165, 1.54) is 19.4 Å². The van der Waals surface area contributed by atoms with Crippen molar-refractivity contribution in [1.29, 1.82) is 0 Å². The second kappa shape index (κ2) is 5.14. The second-order valence-electron chi connectivity index (χ2n) is 5.75. The average Bonchev–Trinajstić information content (AvgIpc) is 2.86. The summed E-state index contributed by atoms with van der Waals surface area (Å²) in [5.74, 6) is 0.846. The van der Waals surface area contributed by atoms with Crippen molar-refractivity contribution < 1.29 is 9.84 Å². The second-order valence-corrected chi connectivity index (χ2v) is 5.75. The number of ether oxygens (including phenoxy) is 1. The molecule has 0 amide bonds. The van der Waals surface area contributed by atoms with Crippen molar-refractivity contribution in [1.82, 2.24) is 4.90 Å². The minimum Gasteiger partial charge on any atom is -0.493 e. The van der Waals surface area contributed by atoms with Crippen LogP contribution in [0.3, 0.4) is 0 Å². The summed E-state index contributed by atoms with van der Waals surface area (Å²) < 4.78 is 5.69. The van der Waals surface area contributed by atoms with Gasteiger partial charge in [0.2, 0.25) is 0 Å². The number of fused-ring (bicyclic) bond motifs is 1. The molecule has 19 heavy (non-hydrogen) atoms. The molecule has 1 N–H and O–H groups in total. The molecule has 0 bridgehead atoms. The summed E-state index contributed by atoms with van der Waals surface area (Å²) in [5.41, 5.74) is 0.264. The largest absolute Gasteiger partial charge is 0.493 e. The monoisotopic (exact) mass is 261 g/mol. The first-order valence-corrected chi connectivity index (χ1v) is 7.42. The fourth-order valence-electron chi connectivity index (χ4n) is 3.62. The zero-order valence-electron chi connectivity index (χ0n) is 11.6. The third-order valence-corrected chi connectivity index (χ3v) is 4.57. The Balaban J connectivity index is 1.88. The average molecular weight is 261 g/mol. The summed E-state index contributed by atoms with van der Waals surface area (Å²) in [6.45, 7) is 4.83. The highest BCUT2D eigenvalue weighted by molar-refractivity contribution is 5.38. The van der Waals surface area contributed by atoms with Crippen molar-refractivity contribution in [2.45, 2.75) is 44.2 Å². The van der Waals surface area contributed by atoms with E-state index in [0.29, 0.717) is 12.6 Å². The normalized spacial score (nSPS) is 31.2. The van der Waals surface area contributed by atoms with Crippen LogP contribution >= 0.6 is 0 Å². The van der Waals surface area contributed by atoms with Gasteiger partial charge in [0.15, 0.2) is 0 Å². The molecule has 0 spiro atoms. The van der Waals surface area contributed by atoms with Gasteiger partial charge in [-0.15, -0.1) is 0 Å². The van der Waals surface area contributed by atoms with Gasteiger partial charge in [-0.25, -0.2) is 0 Å². The van der Waals surface area contributed by atoms with E-state index in [2.05, 4.69) is 4.90 Å². The van der Waals surface area contributed by atoms with Crippen LogP contribution in [0.2, 0.25) is 0 Å². The highest BCUT2D eigenvalue weighted by Crippen LogP contribution is 2.42. The van der Waals surface area contributed by atoms with Gasteiger partial charge in [0.1, 0.15) is 5.75 Å². The maximum Gasteiger partial charge on any atom is 0.125 e. The lowest BCUT2D eigenvalue weighted by atomic mass is 9.80. The minimum atomic E-state index is -0.711. The Morgan fingerprint density at radius 2 is 2.21 bits per heavy atom. The fraction of sp³-hybridized carbons (Fsp3) is 0.625. The number of nitrogens with zero attached hydrogens (tertiary/aromatic N) is 1. The molecule has 3 heteroatoms. The molecule has 3 rings (SSSR count). The number of piperidine rings is 1. The molecule has 3 nitrogen and oxygen atoms in total. The van der Waals surface area contributed by atoms with Crippen molar-refractivity contribution in [3.8, 4) is 5.75 Å². The Bertz CT molecular complexity index is 448. The first-order valence-electron chi connectivity index (χ1n) is 7.42. The number of rotatable bonds is 3. The first kappa shape index (κ1) is 12.9. The maximum atomic E-state index is 11.1. The molecule has 2 aliphatic heterocycles. The zero-order chi connectivity index (χ0) is 13.3. The Morgan fingerprint density at radius 3 is 3.05 bits per heavy atom. The van der Waals surface area contributed by atoms with Crippen LogP contribution in [0.15, 0.2) is 24.3 Å². The van der Waals surface area contributed by atoms with Crippen LogP contribution in [0.5, 0.6) is 5.75 Å². The summed E-state index contributed by atoms with van der Waals surface area (Å²) in [6.07, 6.45) is 4.15. The van der Waals surface area contributed by atoms with Crippen molar-refractivity contribution in [2.24, 2.45) is 0 Å². The molecule has 2 atom stereocenters. The molecule has 1 aromatic carbocycles. The minimum absolute atomic E-state index is 0.549. The molecule has 2 fully saturated rings. The van der Waals surface area contributed by atoms with Crippen LogP contribution in [0, 0.1) is 0 Å². The highest BCUT2D eigenvalue weighted by Gasteiger charge is 2.42. The number of benzene rings is 1. The van der Waals surface area contributed by atoms with Crippen molar-refractivity contribution in [2.75, 3.05) is 19.7 Å². The lowest BCUT2D eigenvalue weighted by Gasteiger charge is -2.41. The Kier molecular flexibility index (Phi) is 3.50. The summed E-state index contributed by atoms with van der Waals surface area (Å²) in [5, 5.41) is 11.1. The summed E-state index contributed by atoms with van der Waals surface area (Å²) in [4.78, 5) is 2.53. The number of para-hydroxylation sites is 1. The molecule has 2 heterocycles. The van der Waals surface area contributed by atoms with Crippen LogP contribution in [-0.2, 0) is 5.60 Å². The fourth-order valence-corrected chi connectivity index (χ4v) is 3.62. The van der Waals surface area contributed by atoms with Crippen LogP contribution in [0.1, 0.15) is 38.2 Å². The lowest BCUT2D eigenvalue weighted by Crippen LogP contribution is -2.46. The van der Waals surface area contributed by atoms with Crippen LogP contribution in [0.25, 0.3) is 0 Å². The van der Waals surface area contributed by atoms with Gasteiger partial charge < -0.3 is 14.7 Å². The first-order chi connectivity index (χ1) is 9.23. The van der Waals surface area contributed by atoms with Gasteiger partial charge in [-0.1, -0.05) is 18.2 Å². The van der Waals surface area contributed by atoms with E-state index in [1.807, 2.05) is 31.2 Å². The van der Waals surface area contributed by atoms with Crippen LogP contribution in [0.4, 0.5) is 0 Å². The molecule has 0 radical (unpaired) electrons. The predicted molar refractivity (Wildman–Crippen MR) is 75.3 cm³/mol. The van der Waals surface area contributed by atoms with E-state index >= 15 is 0 Å². The molecule has 0 aromatic heterocycles. The van der Waals surface area contributed by atoms with Crippen molar-refractivity contribution >= 4 is 0 Å². The SMILES string of the molecule is CCOc1ccccc1C1(O)CCN2CCCC2C1. The molecule has 2 aliphatic rings. The number of hydrogen-bond acceptors (Lipinski definition) is 3. The van der Waals surface area contributed by atoms with Crippen LogP contribution < -0.4 is 4.74 Å². The van der Waals surface area contributed by atoms with Gasteiger partial charge in [0.05, 0.1) is 12.2 Å². The van der Waals surface area contributed by atoms with E-state index in [4.69, 9.17) is 4.74 Å². The molecule has 104 valence electrons. The smallest absolute Gasteiger partial charge is 0.125 e. The van der Waals surface area contributed by atoms with Gasteiger partial charge in [-0.3, -0.25) is 0 Å². The zero-order valence-corrected chi connectivity index (χ0v) is 11.6. The third kappa shape index (κ3) is 2.37. The molecular weight excluding hydrogens is 238 g/mol. The quantitative estimate of drug-likeness (QED) is 0.907. The van der Waals surface area contributed by atoms with Crippen LogP contribution in [-0.4, -0.2) is 35.7 Å². The maximum absolute atomic E-state index is 11.1. The van der Waals surface area contributed by atoms with Gasteiger partial charge >= 0.3 is 0 Å². The summed E-state index contributed by atoms with van der Waals surface area (Å²) >= 11 is 0. The molecule has 0 saturated carbocycles. The Morgan fingerprint density at radius 1 is 1.37 bits per heavy atom. The standard InChI is InChI=1S/C16H23NO2/c1-2-19-15-8-4-3-7-14(15)16(18)9-11-17-10-5-6-13(17)12-16/h3-4,7-8,13,18H,2,5-6,9-12H2,1H3. The Hall–Kier alpha value is -1.06. The lowest BCUT2D eigenvalue weighted by molar-refractivity contribution is -0.0424. The van der Waals surface area contributed by atoms with Gasteiger partial charge in [0.25, 0.3) is 0 Å². The number of aliphatic hydroxyl groups is 1. The molecule has 0 aliphatic carbocycles. The van der Waals surface area contributed by atoms with E-state index < -0.39 is 5.60 Å². The van der Waals surface area contributed by atoms with Gasteiger partial charge in [-0.05, 0) is 45.2 Å². The topological polar surface area (TPSA) is 32.7 Å². The highest BCUT2D eigenvalue weighted by atomic mass is 16.5. The van der Waals surface area contributed by atoms with Gasteiger partial charge in [-0.2, -0.15) is 0 Å². The molecule has 2 unspecified atom stereocenters. The van der Waals surface area contributed by atoms with Crippen molar-refractivity contribution in [3.05, 3.63) is 29.8 Å². The number of hydrogen-bond donors (Lipinski definition) is 1. The summed E-state index contributed by atoms with van der Waals surface area (Å²) in [6, 6.07) is 8.51. The van der Waals surface area contributed by atoms with Gasteiger partial charge in [0, 0.05) is 18.2 Å². The van der Waals surface area contributed by atoms with E-state index in [0.717, 1.165) is 30.7 Å². The third-order valence-electron chi connectivity index (χ3n) is 4.57. The van der Waals surface area contributed by atoms with E-state index in [9.17, 15) is 5.11 Å². The Labute approximate surface area is 115 Å².